The van der Waals surface area contributed by atoms with E-state index in [9.17, 15) is 0 Å². The van der Waals surface area contributed by atoms with Crippen molar-refractivity contribution in [3.63, 3.8) is 0 Å². The van der Waals surface area contributed by atoms with Crippen LogP contribution < -0.4 is 4.57 Å². The largest absolute Gasteiger partial charge is 0.404 e. The Balaban J connectivity index is 1.28. The molecule has 7 rings (SSSR count). The summed E-state index contributed by atoms with van der Waals surface area (Å²) in [6.45, 7) is 0. The third-order valence-corrected chi connectivity index (χ3v) is 7.09. The molecule has 4 aromatic carbocycles. The van der Waals surface area contributed by atoms with E-state index in [0.717, 1.165) is 55.7 Å². The fourth-order valence-corrected chi connectivity index (χ4v) is 5.05. The van der Waals surface area contributed by atoms with Crippen molar-refractivity contribution in [1.82, 2.24) is 19.7 Å². The summed E-state index contributed by atoms with van der Waals surface area (Å²) in [5.41, 5.74) is 7.40. The van der Waals surface area contributed by atoms with Crippen molar-refractivity contribution in [2.24, 2.45) is 34.6 Å². The van der Waals surface area contributed by atoms with E-state index >= 15 is 0 Å². The van der Waals surface area contributed by atoms with Crippen LogP contribution in [0.2, 0.25) is 0 Å². The van der Waals surface area contributed by atoms with Gasteiger partial charge in [-0.25, -0.2) is 4.57 Å². The number of benzene rings is 4. The van der Waals surface area contributed by atoms with Gasteiger partial charge in [-0.1, -0.05) is 107 Å². The van der Waals surface area contributed by atoms with E-state index in [0.29, 0.717) is 11.9 Å². The highest BCUT2D eigenvalue weighted by molar-refractivity contribution is 6.00. The molecule has 7 aromatic rings. The lowest BCUT2D eigenvalue weighted by molar-refractivity contribution is -0.646. The summed E-state index contributed by atoms with van der Waals surface area (Å²) >= 11 is 0. The maximum atomic E-state index is 4.72. The van der Waals surface area contributed by atoms with Gasteiger partial charge in [0.2, 0.25) is 0 Å². The Hall–Kier alpha value is -5.70. The third kappa shape index (κ3) is 4.39. The summed E-state index contributed by atoms with van der Waals surface area (Å²) in [6.07, 6.45) is 0. The van der Waals surface area contributed by atoms with Gasteiger partial charge in [-0.05, 0) is 22.4 Å². The number of rotatable bonds is 6. The van der Waals surface area contributed by atoms with Gasteiger partial charge in [0.05, 0.1) is 18.4 Å². The molecule has 0 unspecified atom stereocenters. The van der Waals surface area contributed by atoms with Crippen molar-refractivity contribution >= 4 is 45.1 Å². The molecule has 0 bridgehead atoms. The van der Waals surface area contributed by atoms with Gasteiger partial charge in [-0.3, -0.25) is 0 Å². The SMILES string of the molecule is Cn1nc(N=Nc2c(-c3ccccc3)[nH]c3ccccc23)[n+](C)c1N=Nc1c(-c2ccccc2)[nH]c2ccccc12. The number of aromatic nitrogens is 5. The van der Waals surface area contributed by atoms with Crippen LogP contribution in [0.25, 0.3) is 44.3 Å². The van der Waals surface area contributed by atoms with E-state index in [1.54, 1.807) is 9.25 Å². The number of nitrogens with one attached hydrogen (secondary N) is 2. The molecular formula is C32H26N9+. The lowest BCUT2D eigenvalue weighted by Crippen LogP contribution is -2.26. The first kappa shape index (κ1) is 24.3. The van der Waals surface area contributed by atoms with Crippen molar-refractivity contribution in [1.29, 1.82) is 0 Å². The van der Waals surface area contributed by atoms with E-state index in [-0.39, 0.29) is 0 Å². The molecule has 0 radical (unpaired) electrons. The molecule has 2 N–H and O–H groups in total. The monoisotopic (exact) mass is 536 g/mol. The minimum Gasteiger partial charge on any atom is -0.353 e. The van der Waals surface area contributed by atoms with Crippen LogP contribution >= 0.6 is 0 Å². The van der Waals surface area contributed by atoms with E-state index in [4.69, 9.17) is 5.11 Å². The molecule has 0 amide bonds. The fourth-order valence-electron chi connectivity index (χ4n) is 5.05. The normalized spacial score (nSPS) is 12.0. The van der Waals surface area contributed by atoms with Crippen LogP contribution in [0.1, 0.15) is 0 Å². The lowest BCUT2D eigenvalue weighted by atomic mass is 10.1. The summed E-state index contributed by atoms with van der Waals surface area (Å²) in [5.74, 6) is 0.943. The predicted molar refractivity (Wildman–Crippen MR) is 160 cm³/mol. The molecule has 0 saturated heterocycles. The Labute approximate surface area is 235 Å². The molecule has 0 fully saturated rings. The van der Waals surface area contributed by atoms with Crippen molar-refractivity contribution < 1.29 is 4.57 Å². The summed E-state index contributed by atoms with van der Waals surface area (Å²) in [5, 5.41) is 25.1. The fraction of sp³-hybridized carbons (Fsp3) is 0.0625. The highest BCUT2D eigenvalue weighted by Crippen LogP contribution is 2.39. The van der Waals surface area contributed by atoms with Crippen LogP contribution in [0.3, 0.4) is 0 Å². The average molecular weight is 537 g/mol. The minimum absolute atomic E-state index is 0.410. The zero-order valence-electron chi connectivity index (χ0n) is 22.5. The van der Waals surface area contributed by atoms with E-state index < -0.39 is 0 Å². The standard InChI is InChI=1S/C32H25N9/c1-40-31(37-35-29-23-17-9-11-19-25(23)33-27(29)21-13-5-3-6-14-21)39-41(2)32(40)38-36-30-24-18-10-12-20-26(24)34-28(30)22-15-7-4-8-16-22/h3-20H,1-2H3,(H,33,37,39)/p+1. The van der Waals surface area contributed by atoms with Gasteiger partial charge < -0.3 is 9.97 Å². The first-order valence-electron chi connectivity index (χ1n) is 13.3. The quantitative estimate of drug-likeness (QED) is 0.162. The van der Waals surface area contributed by atoms with E-state index in [1.807, 2.05) is 99.0 Å². The number of hydrogen-bond acceptors (Lipinski definition) is 5. The highest BCUT2D eigenvalue weighted by atomic mass is 15.5. The van der Waals surface area contributed by atoms with Crippen molar-refractivity contribution in [3.8, 4) is 22.5 Å². The van der Waals surface area contributed by atoms with E-state index in [1.165, 1.54) is 0 Å². The molecule has 3 heterocycles. The third-order valence-electron chi connectivity index (χ3n) is 7.09. The summed E-state index contributed by atoms with van der Waals surface area (Å²) in [7, 11) is 3.68. The number of nitrogens with zero attached hydrogens (tertiary/aromatic N) is 7. The van der Waals surface area contributed by atoms with Gasteiger partial charge in [-0.15, -0.1) is 4.68 Å². The number of para-hydroxylation sites is 2. The lowest BCUT2D eigenvalue weighted by Gasteiger charge is -1.99. The number of aryl methyl sites for hydroxylation is 1. The molecule has 0 aliphatic heterocycles. The van der Waals surface area contributed by atoms with Crippen molar-refractivity contribution in [2.45, 2.75) is 0 Å². The van der Waals surface area contributed by atoms with Crippen LogP contribution in [-0.2, 0) is 14.1 Å². The number of fused-ring (bicyclic) bond motifs is 2. The molecule has 0 aliphatic rings. The van der Waals surface area contributed by atoms with Gasteiger partial charge in [0.25, 0.3) is 0 Å². The first-order chi connectivity index (χ1) is 20.2. The molecule has 0 atom stereocenters. The second-order valence-electron chi connectivity index (χ2n) is 9.70. The molecule has 0 saturated carbocycles. The van der Waals surface area contributed by atoms with Crippen LogP contribution in [0.15, 0.2) is 130 Å². The van der Waals surface area contributed by atoms with Crippen LogP contribution in [0.5, 0.6) is 0 Å². The molecule has 198 valence electrons. The van der Waals surface area contributed by atoms with Crippen LogP contribution in [-0.4, -0.2) is 19.7 Å². The van der Waals surface area contributed by atoms with Gasteiger partial charge in [0, 0.05) is 45.1 Å². The molecule has 9 nitrogen and oxygen atoms in total. The summed E-state index contributed by atoms with van der Waals surface area (Å²) in [4.78, 5) is 7.00. The highest BCUT2D eigenvalue weighted by Gasteiger charge is 2.22. The van der Waals surface area contributed by atoms with Crippen molar-refractivity contribution in [3.05, 3.63) is 109 Å². The minimum atomic E-state index is 0.410. The van der Waals surface area contributed by atoms with Gasteiger partial charge >= 0.3 is 11.9 Å². The molecule has 41 heavy (non-hydrogen) atoms. The van der Waals surface area contributed by atoms with E-state index in [2.05, 4.69) is 54.7 Å². The number of H-pyrrole nitrogens is 2. The van der Waals surface area contributed by atoms with Gasteiger partial charge in [-0.2, -0.15) is 0 Å². The molecule has 9 heteroatoms. The second kappa shape index (κ2) is 10.1. The molecule has 3 aromatic heterocycles. The van der Waals surface area contributed by atoms with Gasteiger partial charge in [0.1, 0.15) is 11.4 Å². The molecule has 0 spiro atoms. The van der Waals surface area contributed by atoms with Crippen molar-refractivity contribution in [2.75, 3.05) is 0 Å². The Kier molecular flexibility index (Phi) is 6.01. The zero-order chi connectivity index (χ0) is 27.8. The molecule has 0 aliphatic carbocycles. The smallest absolute Gasteiger partial charge is 0.353 e. The summed E-state index contributed by atoms with van der Waals surface area (Å²) < 4.78 is 3.43. The van der Waals surface area contributed by atoms with Gasteiger partial charge in [0.15, 0.2) is 0 Å². The Bertz CT molecular complexity index is 2060. The Morgan fingerprint density at radius 1 is 0.585 bits per heavy atom. The average Bonchev–Trinajstić information content (AvgIpc) is 3.66. The summed E-state index contributed by atoms with van der Waals surface area (Å²) in [6, 6.07) is 36.4. The first-order valence-corrected chi connectivity index (χ1v) is 13.3. The van der Waals surface area contributed by atoms with Crippen LogP contribution in [0.4, 0.5) is 23.3 Å². The number of hydrogen-bond donors (Lipinski definition) is 2. The predicted octanol–water partition coefficient (Wildman–Crippen LogP) is 8.37. The molecular weight excluding hydrogens is 510 g/mol. The number of azo groups is 2. The zero-order valence-corrected chi connectivity index (χ0v) is 22.5. The Morgan fingerprint density at radius 3 is 1.59 bits per heavy atom. The Morgan fingerprint density at radius 2 is 1.05 bits per heavy atom. The maximum absolute atomic E-state index is 4.72. The number of aromatic amines is 2. The van der Waals surface area contributed by atoms with Crippen LogP contribution in [0, 0.1) is 0 Å². The maximum Gasteiger partial charge on any atom is 0.404 e. The second-order valence-corrected chi connectivity index (χ2v) is 9.70. The topological polar surface area (TPSA) is 103 Å².